The Morgan fingerprint density at radius 3 is 3.00 bits per heavy atom. The van der Waals surface area contributed by atoms with Gasteiger partial charge in [0.15, 0.2) is 0 Å². The van der Waals surface area contributed by atoms with E-state index in [9.17, 15) is 4.79 Å². The van der Waals surface area contributed by atoms with Gasteiger partial charge in [-0.3, -0.25) is 9.48 Å². The summed E-state index contributed by atoms with van der Waals surface area (Å²) in [7, 11) is 1.81. The van der Waals surface area contributed by atoms with Crippen molar-refractivity contribution < 1.29 is 4.79 Å². The van der Waals surface area contributed by atoms with Crippen molar-refractivity contribution in [3.63, 3.8) is 0 Å². The predicted octanol–water partition coefficient (Wildman–Crippen LogP) is -0.218. The quantitative estimate of drug-likeness (QED) is 0.746. The van der Waals surface area contributed by atoms with Crippen LogP contribution in [0.3, 0.4) is 0 Å². The summed E-state index contributed by atoms with van der Waals surface area (Å²) in [5.74, 6) is 0.856. The van der Waals surface area contributed by atoms with Crippen LogP contribution in [0.4, 0.5) is 0 Å². The first-order chi connectivity index (χ1) is 7.16. The van der Waals surface area contributed by atoms with E-state index in [-0.39, 0.29) is 11.7 Å². The van der Waals surface area contributed by atoms with Crippen molar-refractivity contribution in [2.75, 3.05) is 13.1 Å². The number of hydrogen-bond donors (Lipinski definition) is 1. The van der Waals surface area contributed by atoms with Gasteiger partial charge < -0.3 is 5.32 Å². The maximum Gasteiger partial charge on any atom is 0.143 e. The van der Waals surface area contributed by atoms with Crippen molar-refractivity contribution in [2.45, 2.75) is 13.3 Å². The molecule has 1 aromatic rings. The van der Waals surface area contributed by atoms with Crippen LogP contribution in [-0.2, 0) is 18.3 Å². The summed E-state index contributed by atoms with van der Waals surface area (Å²) in [4.78, 5) is 11.9. The zero-order chi connectivity index (χ0) is 10.8. The molecule has 0 amide bonds. The SMILES string of the molecule is CC1CNCC1C(=O)Cc1cn(C)nn1. The van der Waals surface area contributed by atoms with Crippen molar-refractivity contribution in [1.29, 1.82) is 0 Å². The smallest absolute Gasteiger partial charge is 0.143 e. The van der Waals surface area contributed by atoms with Gasteiger partial charge in [-0.15, -0.1) is 5.10 Å². The highest BCUT2D eigenvalue weighted by Crippen LogP contribution is 2.18. The van der Waals surface area contributed by atoms with Crippen molar-refractivity contribution in [3.8, 4) is 0 Å². The van der Waals surface area contributed by atoms with E-state index in [2.05, 4.69) is 22.6 Å². The van der Waals surface area contributed by atoms with E-state index in [1.54, 1.807) is 17.9 Å². The average molecular weight is 208 g/mol. The summed E-state index contributed by atoms with van der Waals surface area (Å²) in [6, 6.07) is 0. The maximum absolute atomic E-state index is 11.9. The molecule has 0 saturated carbocycles. The van der Waals surface area contributed by atoms with Crippen LogP contribution in [0, 0.1) is 11.8 Å². The molecule has 1 fully saturated rings. The topological polar surface area (TPSA) is 59.8 Å². The molecule has 0 aliphatic carbocycles. The summed E-state index contributed by atoms with van der Waals surface area (Å²) < 4.78 is 1.62. The highest BCUT2D eigenvalue weighted by Gasteiger charge is 2.29. The molecule has 0 bridgehead atoms. The number of aryl methyl sites for hydroxylation is 1. The Labute approximate surface area is 88.9 Å². The standard InChI is InChI=1S/C10H16N4O/c1-7-4-11-5-9(7)10(15)3-8-6-14(2)13-12-8/h6-7,9,11H,3-5H2,1-2H3. The second-order valence-corrected chi connectivity index (χ2v) is 4.27. The zero-order valence-corrected chi connectivity index (χ0v) is 9.10. The normalized spacial score (nSPS) is 25.7. The van der Waals surface area contributed by atoms with Gasteiger partial charge in [0.1, 0.15) is 5.78 Å². The number of aromatic nitrogens is 3. The average Bonchev–Trinajstić information content (AvgIpc) is 2.75. The molecule has 5 nitrogen and oxygen atoms in total. The number of rotatable bonds is 3. The molecule has 2 heterocycles. The van der Waals surface area contributed by atoms with E-state index in [1.807, 2.05) is 0 Å². The second-order valence-electron chi connectivity index (χ2n) is 4.27. The predicted molar refractivity (Wildman–Crippen MR) is 55.2 cm³/mol. The lowest BCUT2D eigenvalue weighted by Crippen LogP contribution is -2.23. The monoisotopic (exact) mass is 208 g/mol. The molecule has 0 spiro atoms. The summed E-state index contributed by atoms with van der Waals surface area (Å²) in [5, 5.41) is 11.0. The number of nitrogens with zero attached hydrogens (tertiary/aromatic N) is 3. The third-order valence-electron chi connectivity index (χ3n) is 2.94. The minimum Gasteiger partial charge on any atom is -0.316 e. The highest BCUT2D eigenvalue weighted by atomic mass is 16.1. The van der Waals surface area contributed by atoms with Gasteiger partial charge in [0.2, 0.25) is 0 Å². The molecule has 2 rings (SSSR count). The summed E-state index contributed by atoms with van der Waals surface area (Å²) >= 11 is 0. The molecule has 1 aromatic heterocycles. The first-order valence-corrected chi connectivity index (χ1v) is 5.25. The maximum atomic E-state index is 11.9. The lowest BCUT2D eigenvalue weighted by molar-refractivity contribution is -0.122. The van der Waals surface area contributed by atoms with Gasteiger partial charge in [0, 0.05) is 25.7 Å². The fraction of sp³-hybridized carbons (Fsp3) is 0.700. The molecule has 0 radical (unpaired) electrons. The Bertz CT molecular complexity index is 360. The van der Waals surface area contributed by atoms with Gasteiger partial charge in [-0.25, -0.2) is 0 Å². The third kappa shape index (κ3) is 2.23. The molecule has 0 aromatic carbocycles. The molecule has 2 atom stereocenters. The molecule has 82 valence electrons. The zero-order valence-electron chi connectivity index (χ0n) is 9.10. The molecule has 5 heteroatoms. The second kappa shape index (κ2) is 4.10. The Balaban J connectivity index is 1.97. The molecule has 1 N–H and O–H groups in total. The van der Waals surface area contributed by atoms with Crippen LogP contribution in [0.5, 0.6) is 0 Å². The first kappa shape index (κ1) is 10.3. The summed E-state index contributed by atoms with van der Waals surface area (Å²) in [5.41, 5.74) is 0.765. The van der Waals surface area contributed by atoms with Crippen molar-refractivity contribution in [3.05, 3.63) is 11.9 Å². The number of Topliss-reactive ketones (excluding diaryl/α,β-unsaturated/α-hetero) is 1. The molecule has 2 unspecified atom stereocenters. The largest absolute Gasteiger partial charge is 0.316 e. The third-order valence-corrected chi connectivity index (χ3v) is 2.94. The summed E-state index contributed by atoms with van der Waals surface area (Å²) in [6.07, 6.45) is 2.20. The summed E-state index contributed by atoms with van der Waals surface area (Å²) in [6.45, 7) is 3.86. The van der Waals surface area contributed by atoms with E-state index in [4.69, 9.17) is 0 Å². The molecular formula is C10H16N4O. The number of carbonyl (C=O) groups excluding carboxylic acids is 1. The molecular weight excluding hydrogens is 192 g/mol. The number of ketones is 1. The van der Waals surface area contributed by atoms with Crippen molar-refractivity contribution in [1.82, 2.24) is 20.3 Å². The van der Waals surface area contributed by atoms with Crippen molar-refractivity contribution in [2.24, 2.45) is 18.9 Å². The molecule has 1 saturated heterocycles. The van der Waals surface area contributed by atoms with Crippen LogP contribution in [0.2, 0.25) is 0 Å². The Hall–Kier alpha value is -1.23. The molecule has 15 heavy (non-hydrogen) atoms. The van der Waals surface area contributed by atoms with E-state index in [1.165, 1.54) is 0 Å². The first-order valence-electron chi connectivity index (χ1n) is 5.25. The highest BCUT2D eigenvalue weighted by molar-refractivity contribution is 5.83. The van der Waals surface area contributed by atoms with Gasteiger partial charge >= 0.3 is 0 Å². The van der Waals surface area contributed by atoms with E-state index < -0.39 is 0 Å². The number of hydrogen-bond acceptors (Lipinski definition) is 4. The van der Waals surface area contributed by atoms with Crippen LogP contribution in [0.1, 0.15) is 12.6 Å². The van der Waals surface area contributed by atoms with Gasteiger partial charge in [-0.1, -0.05) is 12.1 Å². The Morgan fingerprint density at radius 2 is 2.47 bits per heavy atom. The van der Waals surface area contributed by atoms with Gasteiger partial charge in [-0.2, -0.15) is 0 Å². The fourth-order valence-electron chi connectivity index (χ4n) is 2.03. The molecule has 1 aliphatic heterocycles. The van der Waals surface area contributed by atoms with Crippen molar-refractivity contribution >= 4 is 5.78 Å². The lowest BCUT2D eigenvalue weighted by atomic mass is 9.91. The van der Waals surface area contributed by atoms with Crippen LogP contribution < -0.4 is 5.32 Å². The van der Waals surface area contributed by atoms with Crippen LogP contribution in [0.15, 0.2) is 6.20 Å². The number of nitrogens with one attached hydrogen (secondary N) is 1. The van der Waals surface area contributed by atoms with Gasteiger partial charge in [0.25, 0.3) is 0 Å². The van der Waals surface area contributed by atoms with Gasteiger partial charge in [0.05, 0.1) is 12.1 Å². The Morgan fingerprint density at radius 1 is 1.67 bits per heavy atom. The van der Waals surface area contributed by atoms with Crippen LogP contribution >= 0.6 is 0 Å². The minimum absolute atomic E-state index is 0.145. The minimum atomic E-state index is 0.145. The Kier molecular flexibility index (Phi) is 2.81. The van der Waals surface area contributed by atoms with E-state index >= 15 is 0 Å². The van der Waals surface area contributed by atoms with Crippen LogP contribution in [-0.4, -0.2) is 33.9 Å². The van der Waals surface area contributed by atoms with E-state index in [0.29, 0.717) is 12.3 Å². The van der Waals surface area contributed by atoms with Crippen LogP contribution in [0.25, 0.3) is 0 Å². The van der Waals surface area contributed by atoms with Gasteiger partial charge in [-0.05, 0) is 12.5 Å². The van der Waals surface area contributed by atoms with E-state index in [0.717, 1.165) is 18.8 Å². The fourth-order valence-corrected chi connectivity index (χ4v) is 2.03. The molecule has 1 aliphatic rings. The number of carbonyl (C=O) groups is 1. The lowest BCUT2D eigenvalue weighted by Gasteiger charge is -2.11.